The van der Waals surface area contributed by atoms with Gasteiger partial charge in [0.1, 0.15) is 6.10 Å². The molecule has 4 nitrogen and oxygen atoms in total. The number of hydrogen-bond acceptors (Lipinski definition) is 3. The summed E-state index contributed by atoms with van der Waals surface area (Å²) < 4.78 is 1.98. The average molecular weight is 261 g/mol. The van der Waals surface area contributed by atoms with Crippen LogP contribution >= 0.6 is 0 Å². The van der Waals surface area contributed by atoms with Crippen molar-refractivity contribution in [3.05, 3.63) is 18.2 Å². The minimum Gasteiger partial charge on any atom is -0.385 e. The second-order valence-electron chi connectivity index (χ2n) is 5.60. The second-order valence-corrected chi connectivity index (χ2v) is 5.60. The van der Waals surface area contributed by atoms with Crippen LogP contribution in [0.25, 0.3) is 0 Å². The predicted octanol–water partition coefficient (Wildman–Crippen LogP) is 3.19. The molecule has 0 amide bonds. The van der Waals surface area contributed by atoms with Crippen molar-refractivity contribution in [3.63, 3.8) is 0 Å². The van der Waals surface area contributed by atoms with E-state index in [4.69, 9.17) is 0 Å². The summed E-state index contributed by atoms with van der Waals surface area (Å²) in [5.74, 6) is 0. The van der Waals surface area contributed by atoms with Gasteiger partial charge in [0.2, 0.25) is 0 Å². The lowest BCUT2D eigenvalue weighted by atomic mass is 9.75. The van der Waals surface area contributed by atoms with Gasteiger partial charge in [-0.25, -0.2) is 4.98 Å². The number of aromatic nitrogens is 2. The van der Waals surface area contributed by atoms with E-state index in [1.54, 1.807) is 12.5 Å². The number of imidazole rings is 1. The molecular weight excluding hydrogens is 238 g/mol. The Morgan fingerprint density at radius 3 is 2.68 bits per heavy atom. The molecule has 1 saturated carbocycles. The van der Waals surface area contributed by atoms with E-state index in [1.807, 2.05) is 4.57 Å². The normalized spacial score (nSPS) is 20.5. The fourth-order valence-electron chi connectivity index (χ4n) is 3.08. The molecule has 1 heterocycles. The van der Waals surface area contributed by atoms with Crippen molar-refractivity contribution in [1.82, 2.24) is 9.55 Å². The molecule has 1 aromatic heterocycles. The van der Waals surface area contributed by atoms with Crippen molar-refractivity contribution in [2.45, 2.75) is 64.5 Å². The van der Waals surface area contributed by atoms with E-state index in [0.29, 0.717) is 0 Å². The van der Waals surface area contributed by atoms with E-state index >= 15 is 0 Å². The molecule has 0 saturated heterocycles. The summed E-state index contributed by atoms with van der Waals surface area (Å²) >= 11 is 0. The highest BCUT2D eigenvalue weighted by molar-refractivity contribution is 5.15. The summed E-state index contributed by atoms with van der Waals surface area (Å²) in [6.45, 7) is 2.94. The minimum atomic E-state index is -0.718. The Kier molecular flexibility index (Phi) is 4.60. The molecule has 1 aliphatic rings. The highest BCUT2D eigenvalue weighted by atomic mass is 16.3. The average Bonchev–Trinajstić information content (AvgIpc) is 2.74. The van der Waals surface area contributed by atoms with Crippen LogP contribution in [0.1, 0.15) is 63.7 Å². The van der Waals surface area contributed by atoms with Gasteiger partial charge in [0.05, 0.1) is 29.7 Å². The van der Waals surface area contributed by atoms with E-state index in [1.165, 1.54) is 12.8 Å². The van der Waals surface area contributed by atoms with Crippen LogP contribution in [0, 0.1) is 16.7 Å². The molecule has 0 aliphatic heterocycles. The van der Waals surface area contributed by atoms with Gasteiger partial charge in [-0.2, -0.15) is 5.26 Å². The molecular formula is C15H23N3O. The highest BCUT2D eigenvalue weighted by Crippen LogP contribution is 2.44. The second kappa shape index (κ2) is 6.21. The third kappa shape index (κ3) is 2.82. The van der Waals surface area contributed by atoms with Crippen LogP contribution in [0.2, 0.25) is 0 Å². The number of rotatable bonds is 4. The van der Waals surface area contributed by atoms with Crippen molar-refractivity contribution >= 4 is 0 Å². The van der Waals surface area contributed by atoms with Crippen molar-refractivity contribution in [2.24, 2.45) is 5.41 Å². The van der Waals surface area contributed by atoms with Crippen LogP contribution in [-0.4, -0.2) is 14.7 Å². The standard InChI is InChI=1S/C15H23N3O/c1-2-9-18-12-17-10-13(18)14(19)15(11-16)7-5-3-4-6-8-15/h10,12,14,19H,2-9H2,1H3. The highest BCUT2D eigenvalue weighted by Gasteiger charge is 2.40. The maximum Gasteiger partial charge on any atom is 0.114 e. The first-order chi connectivity index (χ1) is 9.23. The zero-order valence-corrected chi connectivity index (χ0v) is 11.7. The molecule has 4 heteroatoms. The first kappa shape index (κ1) is 14.1. The maximum atomic E-state index is 10.7. The first-order valence-corrected chi connectivity index (χ1v) is 7.33. The van der Waals surface area contributed by atoms with Gasteiger partial charge >= 0.3 is 0 Å². The molecule has 1 N–H and O–H groups in total. The Morgan fingerprint density at radius 2 is 2.11 bits per heavy atom. The lowest BCUT2D eigenvalue weighted by molar-refractivity contribution is 0.0450. The van der Waals surface area contributed by atoms with E-state index in [0.717, 1.165) is 44.3 Å². The molecule has 19 heavy (non-hydrogen) atoms. The van der Waals surface area contributed by atoms with Crippen LogP contribution in [0.3, 0.4) is 0 Å². The van der Waals surface area contributed by atoms with Crippen LogP contribution in [0.5, 0.6) is 0 Å². The quantitative estimate of drug-likeness (QED) is 0.847. The molecule has 0 aromatic carbocycles. The topological polar surface area (TPSA) is 61.8 Å². The molecule has 104 valence electrons. The molecule has 2 rings (SSSR count). The Bertz CT molecular complexity index is 438. The zero-order chi connectivity index (χ0) is 13.7. The van der Waals surface area contributed by atoms with Crippen molar-refractivity contribution < 1.29 is 5.11 Å². The monoisotopic (exact) mass is 261 g/mol. The molecule has 0 radical (unpaired) electrons. The molecule has 1 atom stereocenters. The Morgan fingerprint density at radius 1 is 1.42 bits per heavy atom. The van der Waals surface area contributed by atoms with Gasteiger partial charge in [0.15, 0.2) is 0 Å². The maximum absolute atomic E-state index is 10.7. The van der Waals surface area contributed by atoms with E-state index in [-0.39, 0.29) is 0 Å². The van der Waals surface area contributed by atoms with Crippen LogP contribution in [0.4, 0.5) is 0 Å². The number of nitriles is 1. The van der Waals surface area contributed by atoms with Crippen LogP contribution < -0.4 is 0 Å². The first-order valence-electron chi connectivity index (χ1n) is 7.33. The smallest absolute Gasteiger partial charge is 0.114 e. The lowest BCUT2D eigenvalue weighted by Gasteiger charge is -2.31. The third-order valence-corrected chi connectivity index (χ3v) is 4.23. The van der Waals surface area contributed by atoms with Gasteiger partial charge in [0, 0.05) is 6.54 Å². The van der Waals surface area contributed by atoms with Crippen LogP contribution in [0.15, 0.2) is 12.5 Å². The number of aliphatic hydroxyl groups is 1. The van der Waals surface area contributed by atoms with E-state index < -0.39 is 11.5 Å². The number of hydrogen-bond donors (Lipinski definition) is 1. The SMILES string of the molecule is CCCn1cncc1C(O)C1(C#N)CCCCCC1. The summed E-state index contributed by atoms with van der Waals surface area (Å²) in [7, 11) is 0. The number of aryl methyl sites for hydroxylation is 1. The van der Waals surface area contributed by atoms with E-state index in [9.17, 15) is 10.4 Å². The largest absolute Gasteiger partial charge is 0.385 e. The van der Waals surface area contributed by atoms with Gasteiger partial charge in [-0.1, -0.05) is 32.6 Å². The third-order valence-electron chi connectivity index (χ3n) is 4.23. The van der Waals surface area contributed by atoms with Gasteiger partial charge in [0.25, 0.3) is 0 Å². The molecule has 0 bridgehead atoms. The van der Waals surface area contributed by atoms with Crippen molar-refractivity contribution in [2.75, 3.05) is 0 Å². The van der Waals surface area contributed by atoms with Gasteiger partial charge < -0.3 is 9.67 Å². The number of aliphatic hydroxyl groups excluding tert-OH is 1. The Hall–Kier alpha value is -1.34. The van der Waals surface area contributed by atoms with Crippen molar-refractivity contribution in [1.29, 1.82) is 5.26 Å². The summed E-state index contributed by atoms with van der Waals surface area (Å²) in [4.78, 5) is 4.14. The van der Waals surface area contributed by atoms with Crippen molar-refractivity contribution in [3.8, 4) is 6.07 Å². The Balaban J connectivity index is 2.26. The summed E-state index contributed by atoms with van der Waals surface area (Å²) in [5.41, 5.74) is 0.174. The summed E-state index contributed by atoms with van der Waals surface area (Å²) in [6, 6.07) is 2.42. The molecule has 0 spiro atoms. The molecule has 1 unspecified atom stereocenters. The molecule has 1 aliphatic carbocycles. The lowest BCUT2D eigenvalue weighted by Crippen LogP contribution is -2.28. The number of nitrogens with zero attached hydrogens (tertiary/aromatic N) is 3. The Labute approximate surface area is 115 Å². The molecule has 1 fully saturated rings. The van der Waals surface area contributed by atoms with E-state index in [2.05, 4.69) is 18.0 Å². The molecule has 1 aromatic rings. The fourth-order valence-corrected chi connectivity index (χ4v) is 3.08. The minimum absolute atomic E-state index is 0.623. The summed E-state index contributed by atoms with van der Waals surface area (Å²) in [5, 5.41) is 20.4. The van der Waals surface area contributed by atoms with Gasteiger partial charge in [-0.15, -0.1) is 0 Å². The van der Waals surface area contributed by atoms with Gasteiger partial charge in [-0.05, 0) is 19.3 Å². The predicted molar refractivity (Wildman–Crippen MR) is 73.2 cm³/mol. The van der Waals surface area contributed by atoms with Gasteiger partial charge in [-0.3, -0.25) is 0 Å². The van der Waals surface area contributed by atoms with Crippen LogP contribution in [-0.2, 0) is 6.54 Å². The zero-order valence-electron chi connectivity index (χ0n) is 11.7. The summed E-state index contributed by atoms with van der Waals surface area (Å²) in [6.07, 6.45) is 9.74. The fraction of sp³-hybridized carbons (Fsp3) is 0.733.